The van der Waals surface area contributed by atoms with Gasteiger partial charge in [-0.2, -0.15) is 0 Å². The fourth-order valence-corrected chi connectivity index (χ4v) is 2.41. The van der Waals surface area contributed by atoms with Crippen LogP contribution in [0.4, 0.5) is 0 Å². The molecule has 3 nitrogen and oxygen atoms in total. The number of fused-ring (bicyclic) bond motifs is 1. The topological polar surface area (TPSA) is 52.3 Å². The highest BCUT2D eigenvalue weighted by molar-refractivity contribution is 6.30. The van der Waals surface area contributed by atoms with Crippen molar-refractivity contribution in [3.05, 3.63) is 34.3 Å². The van der Waals surface area contributed by atoms with E-state index in [0.717, 1.165) is 11.1 Å². The molecule has 0 radical (unpaired) electrons. The van der Waals surface area contributed by atoms with Gasteiger partial charge in [0.1, 0.15) is 0 Å². The summed E-state index contributed by atoms with van der Waals surface area (Å²) in [4.78, 5) is 11.5. The van der Waals surface area contributed by atoms with Gasteiger partial charge in [0.05, 0.1) is 13.0 Å². The molecule has 0 saturated carbocycles. The molecule has 0 amide bonds. The lowest BCUT2D eigenvalue weighted by molar-refractivity contribution is -0.146. The van der Waals surface area contributed by atoms with Crippen LogP contribution in [0.2, 0.25) is 5.02 Å². The quantitative estimate of drug-likeness (QED) is 0.802. The van der Waals surface area contributed by atoms with Crippen LogP contribution in [-0.2, 0) is 16.0 Å². The number of carbonyl (C=O) groups is 1. The molecule has 5 heteroatoms. The van der Waals surface area contributed by atoms with Crippen LogP contribution in [0, 0.1) is 5.92 Å². The van der Waals surface area contributed by atoms with Gasteiger partial charge in [0.2, 0.25) is 0 Å². The lowest BCUT2D eigenvalue weighted by Gasteiger charge is -2.27. The number of ether oxygens (including phenoxy) is 1. The van der Waals surface area contributed by atoms with E-state index >= 15 is 0 Å². The molecule has 1 aliphatic carbocycles. The first-order valence-electron chi connectivity index (χ1n) is 5.23. The molecule has 2 rings (SSSR count). The average molecular weight is 276 g/mol. The molecule has 2 atom stereocenters. The van der Waals surface area contributed by atoms with Crippen molar-refractivity contribution in [1.29, 1.82) is 0 Å². The minimum atomic E-state index is -0.184. The average Bonchev–Trinajstić information content (AvgIpc) is 2.28. The smallest absolute Gasteiger partial charge is 0.309 e. The maximum absolute atomic E-state index is 11.5. The van der Waals surface area contributed by atoms with Crippen molar-refractivity contribution < 1.29 is 9.53 Å². The summed E-state index contributed by atoms with van der Waals surface area (Å²) in [6.07, 6.45) is 1.31. The van der Waals surface area contributed by atoms with Gasteiger partial charge < -0.3 is 10.5 Å². The predicted molar refractivity (Wildman–Crippen MR) is 69.5 cm³/mol. The largest absolute Gasteiger partial charge is 0.469 e. The minimum Gasteiger partial charge on any atom is -0.469 e. The van der Waals surface area contributed by atoms with E-state index in [-0.39, 0.29) is 30.3 Å². The molecule has 0 fully saturated rings. The van der Waals surface area contributed by atoms with Gasteiger partial charge in [-0.25, -0.2) is 0 Å². The Hall–Kier alpha value is -0.770. The molecule has 94 valence electrons. The van der Waals surface area contributed by atoms with Gasteiger partial charge in [0.25, 0.3) is 0 Å². The Morgan fingerprint density at radius 2 is 2.24 bits per heavy atom. The Balaban J connectivity index is 0.00000144. The zero-order valence-electron chi connectivity index (χ0n) is 9.48. The van der Waals surface area contributed by atoms with Crippen molar-refractivity contribution in [1.82, 2.24) is 0 Å². The van der Waals surface area contributed by atoms with Crippen LogP contribution in [-0.4, -0.2) is 13.1 Å². The Kier molecular flexibility index (Phi) is 4.80. The van der Waals surface area contributed by atoms with Crippen LogP contribution in [0.5, 0.6) is 0 Å². The van der Waals surface area contributed by atoms with Crippen molar-refractivity contribution in [2.24, 2.45) is 11.7 Å². The summed E-state index contributed by atoms with van der Waals surface area (Å²) >= 11 is 5.92. The number of carbonyl (C=O) groups excluding carboxylic acids is 1. The zero-order chi connectivity index (χ0) is 11.7. The van der Waals surface area contributed by atoms with Crippen LogP contribution in [0.1, 0.15) is 23.6 Å². The molecule has 0 aromatic heterocycles. The molecule has 0 heterocycles. The molecule has 0 bridgehead atoms. The maximum atomic E-state index is 11.5. The van der Waals surface area contributed by atoms with Crippen molar-refractivity contribution in [2.75, 3.05) is 7.11 Å². The number of rotatable bonds is 1. The number of hydrogen-bond acceptors (Lipinski definition) is 3. The third-order valence-corrected chi connectivity index (χ3v) is 3.28. The van der Waals surface area contributed by atoms with Crippen LogP contribution in [0.15, 0.2) is 18.2 Å². The maximum Gasteiger partial charge on any atom is 0.309 e. The van der Waals surface area contributed by atoms with Gasteiger partial charge in [-0.15, -0.1) is 12.4 Å². The number of methoxy groups -OCH3 is 1. The van der Waals surface area contributed by atoms with Gasteiger partial charge in [0.15, 0.2) is 0 Å². The molecule has 0 saturated heterocycles. The van der Waals surface area contributed by atoms with Gasteiger partial charge in [-0.05, 0) is 36.1 Å². The fourth-order valence-electron chi connectivity index (χ4n) is 2.23. The molecular formula is C12H15Cl2NO2. The lowest BCUT2D eigenvalue weighted by Crippen LogP contribution is -2.29. The van der Waals surface area contributed by atoms with Crippen LogP contribution in [0.3, 0.4) is 0 Å². The summed E-state index contributed by atoms with van der Waals surface area (Å²) in [7, 11) is 1.41. The summed E-state index contributed by atoms with van der Waals surface area (Å²) in [5, 5.41) is 0.686. The Morgan fingerprint density at radius 3 is 2.88 bits per heavy atom. The van der Waals surface area contributed by atoms with Gasteiger partial charge in [0, 0.05) is 11.1 Å². The van der Waals surface area contributed by atoms with Crippen LogP contribution < -0.4 is 5.73 Å². The Bertz CT molecular complexity index is 423. The van der Waals surface area contributed by atoms with Gasteiger partial charge in [-0.1, -0.05) is 17.7 Å². The standard InChI is InChI=1S/C12H14ClNO2.ClH/c1-16-12(15)8-4-7-2-3-9(13)6-10(7)11(14)5-8;/h2-3,6,8,11H,4-5,14H2,1H3;1H/t8-,11+;/m1./s1. The summed E-state index contributed by atoms with van der Waals surface area (Å²) in [6, 6.07) is 5.51. The van der Waals surface area contributed by atoms with Gasteiger partial charge in [-0.3, -0.25) is 4.79 Å². The Labute approximate surface area is 112 Å². The van der Waals surface area contributed by atoms with Gasteiger partial charge >= 0.3 is 5.97 Å². The normalized spacial score (nSPS) is 22.3. The summed E-state index contributed by atoms with van der Waals surface area (Å²) in [5.41, 5.74) is 8.18. The van der Waals surface area contributed by atoms with E-state index in [4.69, 9.17) is 22.1 Å². The van der Waals surface area contributed by atoms with E-state index in [1.165, 1.54) is 7.11 Å². The Morgan fingerprint density at radius 1 is 1.53 bits per heavy atom. The summed E-state index contributed by atoms with van der Waals surface area (Å²) < 4.78 is 4.76. The monoisotopic (exact) mass is 275 g/mol. The molecule has 17 heavy (non-hydrogen) atoms. The molecule has 0 aliphatic heterocycles. The first kappa shape index (κ1) is 14.3. The van der Waals surface area contributed by atoms with E-state index in [2.05, 4.69) is 0 Å². The van der Waals surface area contributed by atoms with Crippen LogP contribution in [0.25, 0.3) is 0 Å². The number of esters is 1. The molecule has 1 aromatic carbocycles. The van der Waals surface area contributed by atoms with E-state index in [0.29, 0.717) is 17.9 Å². The first-order chi connectivity index (χ1) is 7.61. The third-order valence-electron chi connectivity index (χ3n) is 3.05. The highest BCUT2D eigenvalue weighted by Crippen LogP contribution is 2.33. The van der Waals surface area contributed by atoms with E-state index < -0.39 is 0 Å². The third kappa shape index (κ3) is 2.92. The highest BCUT2D eigenvalue weighted by atomic mass is 35.5. The first-order valence-corrected chi connectivity index (χ1v) is 5.61. The SMILES string of the molecule is COC(=O)[C@@H]1Cc2ccc(Cl)cc2[C@@H](N)C1.Cl. The van der Waals surface area contributed by atoms with E-state index in [9.17, 15) is 4.79 Å². The number of halogens is 2. The molecule has 1 aromatic rings. The second kappa shape index (κ2) is 5.71. The predicted octanol–water partition coefficient (Wildman–Crippen LogP) is 2.50. The van der Waals surface area contributed by atoms with Crippen molar-refractivity contribution >= 4 is 30.0 Å². The van der Waals surface area contributed by atoms with Crippen molar-refractivity contribution in [3.8, 4) is 0 Å². The van der Waals surface area contributed by atoms with Crippen LogP contribution >= 0.6 is 24.0 Å². The fraction of sp³-hybridized carbons (Fsp3) is 0.417. The number of nitrogens with two attached hydrogens (primary N) is 1. The minimum absolute atomic E-state index is 0. The van der Waals surface area contributed by atoms with E-state index in [1.54, 1.807) is 0 Å². The molecule has 0 spiro atoms. The summed E-state index contributed by atoms with van der Waals surface area (Å²) in [5.74, 6) is -0.315. The van der Waals surface area contributed by atoms with E-state index in [1.807, 2.05) is 18.2 Å². The number of hydrogen-bond donors (Lipinski definition) is 1. The summed E-state index contributed by atoms with van der Waals surface area (Å²) in [6.45, 7) is 0. The number of benzene rings is 1. The molecule has 1 aliphatic rings. The molecule has 2 N–H and O–H groups in total. The zero-order valence-corrected chi connectivity index (χ0v) is 11.1. The second-order valence-corrected chi connectivity index (χ2v) is 4.55. The van der Waals surface area contributed by atoms with Crippen molar-refractivity contribution in [3.63, 3.8) is 0 Å². The second-order valence-electron chi connectivity index (χ2n) is 4.11. The van der Waals surface area contributed by atoms with Crippen molar-refractivity contribution in [2.45, 2.75) is 18.9 Å². The molecule has 0 unspecified atom stereocenters. The molecular weight excluding hydrogens is 261 g/mol. The highest BCUT2D eigenvalue weighted by Gasteiger charge is 2.29. The lowest BCUT2D eigenvalue weighted by atomic mass is 9.81.